The van der Waals surface area contributed by atoms with E-state index in [2.05, 4.69) is 15.3 Å². The Labute approximate surface area is 233 Å². The minimum atomic E-state index is -4.56. The Hall–Kier alpha value is -3.84. The highest BCUT2D eigenvalue weighted by atomic mass is 35.5. The SMILES string of the molecule is O=C1OC[C@@H]2C[C@@H](Nc3cc4c(=O)n(Cc5ccc(Cl)cc5)c(=O)[nH]c4cc3-c3ncc(C(F)(F)F)s3)CCN12. The molecule has 2 N–H and O–H groups in total. The number of benzene rings is 2. The van der Waals surface area contributed by atoms with Crippen molar-refractivity contribution in [1.82, 2.24) is 19.4 Å². The number of nitrogens with one attached hydrogen (secondary N) is 2. The van der Waals surface area contributed by atoms with Crippen molar-refractivity contribution in [1.29, 1.82) is 0 Å². The predicted molar refractivity (Wildman–Crippen MR) is 144 cm³/mol. The molecule has 2 saturated heterocycles. The Morgan fingerprint density at radius 2 is 1.95 bits per heavy atom. The van der Waals surface area contributed by atoms with Gasteiger partial charge in [0.2, 0.25) is 0 Å². The van der Waals surface area contributed by atoms with Gasteiger partial charge < -0.3 is 19.9 Å². The first kappa shape index (κ1) is 26.4. The Balaban J connectivity index is 1.43. The van der Waals surface area contributed by atoms with Gasteiger partial charge in [-0.25, -0.2) is 14.6 Å². The van der Waals surface area contributed by atoms with Crippen molar-refractivity contribution in [2.24, 2.45) is 0 Å². The number of nitrogens with zero attached hydrogens (tertiary/aromatic N) is 3. The summed E-state index contributed by atoms with van der Waals surface area (Å²) in [6.45, 7) is 0.724. The number of cyclic esters (lactones) is 1. The summed E-state index contributed by atoms with van der Waals surface area (Å²) in [4.78, 5) is 45.8. The van der Waals surface area contributed by atoms with Crippen LogP contribution in [-0.4, -0.2) is 50.8 Å². The lowest BCUT2D eigenvalue weighted by molar-refractivity contribution is -0.134. The van der Waals surface area contributed by atoms with Crippen LogP contribution in [0.3, 0.4) is 0 Å². The van der Waals surface area contributed by atoms with Gasteiger partial charge in [-0.05, 0) is 42.7 Å². The van der Waals surface area contributed by atoms with Gasteiger partial charge in [0.1, 0.15) is 16.5 Å². The quantitative estimate of drug-likeness (QED) is 0.341. The average molecular weight is 592 g/mol. The van der Waals surface area contributed by atoms with E-state index < -0.39 is 22.3 Å². The number of aromatic nitrogens is 3. The lowest BCUT2D eigenvalue weighted by Crippen LogP contribution is -2.45. The first-order valence-corrected chi connectivity index (χ1v) is 13.5. The van der Waals surface area contributed by atoms with Crippen LogP contribution >= 0.6 is 22.9 Å². The molecule has 6 rings (SSSR count). The van der Waals surface area contributed by atoms with Gasteiger partial charge in [0.25, 0.3) is 5.56 Å². The molecule has 1 amide bonds. The van der Waals surface area contributed by atoms with E-state index in [4.69, 9.17) is 16.3 Å². The van der Waals surface area contributed by atoms with Crippen LogP contribution in [0.1, 0.15) is 23.3 Å². The van der Waals surface area contributed by atoms with Crippen molar-refractivity contribution >= 4 is 45.6 Å². The molecule has 0 radical (unpaired) electrons. The molecule has 2 atom stereocenters. The number of carbonyl (C=O) groups is 1. The van der Waals surface area contributed by atoms with Crippen molar-refractivity contribution in [2.75, 3.05) is 18.5 Å². The van der Waals surface area contributed by atoms with Crippen LogP contribution in [0.25, 0.3) is 21.5 Å². The molecule has 0 aliphatic carbocycles. The van der Waals surface area contributed by atoms with Gasteiger partial charge in [0, 0.05) is 28.9 Å². The van der Waals surface area contributed by atoms with E-state index in [9.17, 15) is 27.6 Å². The fourth-order valence-corrected chi connectivity index (χ4v) is 6.03. The summed E-state index contributed by atoms with van der Waals surface area (Å²) in [5.74, 6) is 0. The van der Waals surface area contributed by atoms with Crippen LogP contribution < -0.4 is 16.6 Å². The first-order chi connectivity index (χ1) is 19.1. The van der Waals surface area contributed by atoms with Gasteiger partial charge in [-0.1, -0.05) is 23.7 Å². The lowest BCUT2D eigenvalue weighted by Gasteiger charge is -2.33. The second-order valence-corrected chi connectivity index (χ2v) is 11.2. The number of thiazole rings is 1. The Kier molecular flexibility index (Phi) is 6.57. The maximum atomic E-state index is 13.5. The smallest absolute Gasteiger partial charge is 0.427 e. The van der Waals surface area contributed by atoms with E-state index in [0.29, 0.717) is 52.6 Å². The van der Waals surface area contributed by atoms with E-state index in [1.807, 2.05) is 0 Å². The van der Waals surface area contributed by atoms with E-state index >= 15 is 0 Å². The number of alkyl halides is 3. The number of piperidine rings is 1. The number of hydrogen-bond acceptors (Lipinski definition) is 7. The molecule has 4 aromatic rings. The Bertz CT molecular complexity index is 1730. The molecule has 0 bridgehead atoms. The van der Waals surface area contributed by atoms with Gasteiger partial charge in [0.05, 0.1) is 29.7 Å². The molecule has 2 aliphatic heterocycles. The summed E-state index contributed by atoms with van der Waals surface area (Å²) < 4.78 is 46.3. The monoisotopic (exact) mass is 591 g/mol. The third-order valence-corrected chi connectivity index (χ3v) is 8.43. The highest BCUT2D eigenvalue weighted by Gasteiger charge is 2.38. The molecule has 14 heteroatoms. The summed E-state index contributed by atoms with van der Waals surface area (Å²) in [5, 5.41) is 4.15. The molecule has 2 aliphatic rings. The second kappa shape index (κ2) is 9.97. The average Bonchev–Trinajstić information content (AvgIpc) is 3.55. The van der Waals surface area contributed by atoms with Crippen molar-refractivity contribution in [3.8, 4) is 10.6 Å². The Morgan fingerprint density at radius 3 is 2.67 bits per heavy atom. The predicted octanol–water partition coefficient (Wildman–Crippen LogP) is 4.93. The van der Waals surface area contributed by atoms with Crippen molar-refractivity contribution in [3.05, 3.63) is 78.9 Å². The molecule has 40 heavy (non-hydrogen) atoms. The highest BCUT2D eigenvalue weighted by Crippen LogP contribution is 2.40. The number of anilines is 1. The van der Waals surface area contributed by atoms with Crippen molar-refractivity contribution < 1.29 is 22.7 Å². The van der Waals surface area contributed by atoms with Gasteiger partial charge in [-0.2, -0.15) is 13.2 Å². The van der Waals surface area contributed by atoms with Gasteiger partial charge >= 0.3 is 18.0 Å². The number of ether oxygens (including phenoxy) is 1. The molecule has 0 saturated carbocycles. The molecule has 4 heterocycles. The molecule has 9 nitrogen and oxygen atoms in total. The number of halogens is 4. The molecular formula is C26H21ClF3N5O4S. The molecule has 0 unspecified atom stereocenters. The van der Waals surface area contributed by atoms with Crippen LogP contribution in [0.15, 0.2) is 52.2 Å². The molecule has 208 valence electrons. The number of H-pyrrole nitrogens is 1. The summed E-state index contributed by atoms with van der Waals surface area (Å²) in [6.07, 6.45) is -3.03. The summed E-state index contributed by atoms with van der Waals surface area (Å²) >= 11 is 6.42. The van der Waals surface area contributed by atoms with E-state index in [1.54, 1.807) is 35.2 Å². The topological polar surface area (TPSA) is 109 Å². The number of rotatable bonds is 5. The fourth-order valence-electron chi connectivity index (χ4n) is 5.09. The zero-order valence-corrected chi connectivity index (χ0v) is 22.2. The second-order valence-electron chi connectivity index (χ2n) is 9.71. The third kappa shape index (κ3) is 4.94. The van der Waals surface area contributed by atoms with Crippen LogP contribution in [-0.2, 0) is 17.5 Å². The van der Waals surface area contributed by atoms with Crippen LogP contribution in [0.2, 0.25) is 5.02 Å². The molecule has 2 aromatic carbocycles. The van der Waals surface area contributed by atoms with Crippen molar-refractivity contribution in [3.63, 3.8) is 0 Å². The van der Waals surface area contributed by atoms with E-state index in [-0.39, 0.29) is 47.2 Å². The summed E-state index contributed by atoms with van der Waals surface area (Å²) in [5.41, 5.74) is 0.377. The summed E-state index contributed by atoms with van der Waals surface area (Å²) in [6, 6.07) is 9.48. The summed E-state index contributed by atoms with van der Waals surface area (Å²) in [7, 11) is 0. The third-order valence-electron chi connectivity index (χ3n) is 7.10. The minimum absolute atomic E-state index is 0.00137. The molecule has 2 fully saturated rings. The van der Waals surface area contributed by atoms with Crippen LogP contribution in [0, 0.1) is 0 Å². The fraction of sp³-hybridized carbons (Fsp3) is 0.308. The number of aromatic amines is 1. The zero-order chi connectivity index (χ0) is 28.2. The molecule has 0 spiro atoms. The Morgan fingerprint density at radius 1 is 1.18 bits per heavy atom. The van der Waals surface area contributed by atoms with E-state index in [1.165, 1.54) is 6.07 Å². The standard InChI is InChI=1S/C26H21ClF3N5O4S/c27-14-3-1-13(2-4-14)11-35-23(36)18-9-19(32-15-5-6-34-16(7-15)12-39-25(34)38)17(8-20(18)33-24(35)37)22-31-10-21(40-22)26(28,29)30/h1-4,8-10,15-16,32H,5-7,11-12H2,(H,33,37)/t15-,16-/m0/s1. The van der Waals surface area contributed by atoms with Gasteiger partial charge in [0.15, 0.2) is 0 Å². The largest absolute Gasteiger partial charge is 0.447 e. The number of fused-ring (bicyclic) bond motifs is 2. The number of hydrogen-bond donors (Lipinski definition) is 2. The van der Waals surface area contributed by atoms with Crippen LogP contribution in [0.5, 0.6) is 0 Å². The normalized spacial score (nSPS) is 19.1. The number of carbonyl (C=O) groups excluding carboxylic acids is 1. The minimum Gasteiger partial charge on any atom is -0.447 e. The van der Waals surface area contributed by atoms with Gasteiger partial charge in [-0.15, -0.1) is 11.3 Å². The van der Waals surface area contributed by atoms with Crippen molar-refractivity contribution in [2.45, 2.75) is 37.6 Å². The molecular weight excluding hydrogens is 571 g/mol. The lowest BCUT2D eigenvalue weighted by atomic mass is 9.97. The molecule has 2 aromatic heterocycles. The first-order valence-electron chi connectivity index (χ1n) is 12.4. The van der Waals surface area contributed by atoms with Gasteiger partial charge in [-0.3, -0.25) is 9.36 Å². The number of amides is 1. The van der Waals surface area contributed by atoms with E-state index in [0.717, 1.165) is 10.8 Å². The maximum Gasteiger partial charge on any atom is 0.427 e. The zero-order valence-electron chi connectivity index (χ0n) is 20.6. The maximum absolute atomic E-state index is 13.5. The highest BCUT2D eigenvalue weighted by molar-refractivity contribution is 7.15. The van der Waals surface area contributed by atoms with Crippen LogP contribution in [0.4, 0.5) is 23.7 Å².